The number of rotatable bonds is 5. The number of aromatic amines is 1. The Hall–Kier alpha value is -2.11. The molecule has 0 radical (unpaired) electrons. The molecule has 1 unspecified atom stereocenters. The van der Waals surface area contributed by atoms with Crippen LogP contribution in [-0.2, 0) is 13.0 Å². The maximum absolute atomic E-state index is 12.8. The van der Waals surface area contributed by atoms with Gasteiger partial charge in [-0.1, -0.05) is 13.8 Å². The number of hydrogen-bond acceptors (Lipinski definition) is 3. The Kier molecular flexibility index (Phi) is 4.50. The van der Waals surface area contributed by atoms with Crippen LogP contribution in [0.15, 0.2) is 18.5 Å². The first-order valence-corrected chi connectivity index (χ1v) is 8.37. The zero-order valence-electron chi connectivity index (χ0n) is 14.1. The molecular weight excluding hydrogens is 290 g/mol. The number of likely N-dealkylation sites (tertiary alicyclic amines) is 1. The van der Waals surface area contributed by atoms with E-state index in [1.54, 1.807) is 0 Å². The molecule has 1 fully saturated rings. The third kappa shape index (κ3) is 3.63. The van der Waals surface area contributed by atoms with Gasteiger partial charge in [-0.2, -0.15) is 10.2 Å². The van der Waals surface area contributed by atoms with E-state index >= 15 is 0 Å². The molecule has 0 bridgehead atoms. The lowest BCUT2D eigenvalue weighted by Gasteiger charge is -2.23. The Morgan fingerprint density at radius 3 is 3.00 bits per heavy atom. The molecule has 2 aromatic rings. The van der Waals surface area contributed by atoms with Crippen LogP contribution in [-0.4, -0.2) is 43.4 Å². The van der Waals surface area contributed by atoms with Gasteiger partial charge in [-0.15, -0.1) is 0 Å². The quantitative estimate of drug-likeness (QED) is 0.921. The fourth-order valence-corrected chi connectivity index (χ4v) is 3.24. The summed E-state index contributed by atoms with van der Waals surface area (Å²) in [6.45, 7) is 7.90. The van der Waals surface area contributed by atoms with E-state index in [0.29, 0.717) is 11.6 Å². The average molecular weight is 315 g/mol. The lowest BCUT2D eigenvalue weighted by atomic mass is 10.1. The molecule has 2 aromatic heterocycles. The largest absolute Gasteiger partial charge is 0.332 e. The Labute approximate surface area is 136 Å². The summed E-state index contributed by atoms with van der Waals surface area (Å²) in [6, 6.07) is 2.10. The van der Waals surface area contributed by atoms with Crippen LogP contribution in [0.1, 0.15) is 48.4 Å². The molecule has 1 aliphatic rings. The minimum atomic E-state index is 0.0302. The van der Waals surface area contributed by atoms with Crippen molar-refractivity contribution >= 4 is 5.91 Å². The first-order valence-electron chi connectivity index (χ1n) is 8.37. The maximum Gasteiger partial charge on any atom is 0.274 e. The van der Waals surface area contributed by atoms with E-state index in [-0.39, 0.29) is 11.9 Å². The van der Waals surface area contributed by atoms with Crippen LogP contribution in [0.2, 0.25) is 0 Å². The van der Waals surface area contributed by atoms with E-state index in [1.165, 1.54) is 0 Å². The van der Waals surface area contributed by atoms with Gasteiger partial charge in [0, 0.05) is 18.4 Å². The van der Waals surface area contributed by atoms with Gasteiger partial charge in [0.25, 0.3) is 5.91 Å². The summed E-state index contributed by atoms with van der Waals surface area (Å²) in [6.07, 6.45) is 6.85. The van der Waals surface area contributed by atoms with Crippen LogP contribution in [0.25, 0.3) is 0 Å². The van der Waals surface area contributed by atoms with Gasteiger partial charge in [0.05, 0.1) is 18.8 Å². The molecule has 6 nitrogen and oxygen atoms in total. The molecular formula is C17H25N5O. The summed E-state index contributed by atoms with van der Waals surface area (Å²) in [4.78, 5) is 14.7. The number of amides is 1. The zero-order valence-corrected chi connectivity index (χ0v) is 14.1. The average Bonchev–Trinajstić information content (AvgIpc) is 3.20. The number of carbonyl (C=O) groups excluding carboxylic acids is 1. The van der Waals surface area contributed by atoms with Crippen LogP contribution in [0.5, 0.6) is 0 Å². The molecule has 1 atom stereocenters. The van der Waals surface area contributed by atoms with E-state index in [0.717, 1.165) is 43.6 Å². The summed E-state index contributed by atoms with van der Waals surface area (Å²) >= 11 is 0. The molecule has 1 aliphatic heterocycles. The van der Waals surface area contributed by atoms with Gasteiger partial charge < -0.3 is 4.90 Å². The van der Waals surface area contributed by atoms with Crippen molar-refractivity contribution in [2.24, 2.45) is 5.92 Å². The van der Waals surface area contributed by atoms with Crippen LogP contribution in [0.4, 0.5) is 0 Å². The van der Waals surface area contributed by atoms with Crippen molar-refractivity contribution in [1.82, 2.24) is 24.9 Å². The standard InChI is InChI=1S/C17H25N5O/c1-12(2)7-14-8-16(20-19-14)17(23)22-6-4-5-15(22)11-21-10-13(3)9-18-21/h8-10,12,15H,4-7,11H2,1-3H3,(H,19,20). The highest BCUT2D eigenvalue weighted by Crippen LogP contribution is 2.21. The highest BCUT2D eigenvalue weighted by molar-refractivity contribution is 5.92. The van der Waals surface area contributed by atoms with E-state index in [9.17, 15) is 4.79 Å². The van der Waals surface area contributed by atoms with Crippen molar-refractivity contribution in [3.63, 3.8) is 0 Å². The second-order valence-electron chi connectivity index (χ2n) is 6.91. The number of H-pyrrole nitrogens is 1. The Morgan fingerprint density at radius 2 is 2.30 bits per heavy atom. The molecule has 0 aromatic carbocycles. The Morgan fingerprint density at radius 1 is 1.48 bits per heavy atom. The SMILES string of the molecule is Cc1cnn(CC2CCCN2C(=O)c2cc(CC(C)C)[nH]n2)c1. The second kappa shape index (κ2) is 6.56. The molecule has 1 saturated heterocycles. The first-order chi connectivity index (χ1) is 11.0. The number of nitrogens with one attached hydrogen (secondary N) is 1. The highest BCUT2D eigenvalue weighted by Gasteiger charge is 2.31. The van der Waals surface area contributed by atoms with Crippen LogP contribution >= 0.6 is 0 Å². The molecule has 0 spiro atoms. The second-order valence-corrected chi connectivity index (χ2v) is 6.91. The van der Waals surface area contributed by atoms with Crippen molar-refractivity contribution in [2.75, 3.05) is 6.54 Å². The van der Waals surface area contributed by atoms with Crippen LogP contribution < -0.4 is 0 Å². The van der Waals surface area contributed by atoms with Gasteiger partial charge in [-0.25, -0.2) is 0 Å². The lowest BCUT2D eigenvalue weighted by molar-refractivity contribution is 0.0715. The molecule has 6 heteroatoms. The third-order valence-electron chi connectivity index (χ3n) is 4.28. The summed E-state index contributed by atoms with van der Waals surface area (Å²) in [5, 5.41) is 11.6. The van der Waals surface area contributed by atoms with Crippen molar-refractivity contribution in [1.29, 1.82) is 0 Å². The van der Waals surface area contributed by atoms with Gasteiger partial charge in [0.15, 0.2) is 0 Å². The van der Waals surface area contributed by atoms with E-state index < -0.39 is 0 Å². The summed E-state index contributed by atoms with van der Waals surface area (Å²) in [5.74, 6) is 0.573. The normalized spacial score (nSPS) is 18.1. The Balaban J connectivity index is 1.69. The fraction of sp³-hybridized carbons (Fsp3) is 0.588. The molecule has 3 heterocycles. The first kappa shape index (κ1) is 15.8. The van der Waals surface area contributed by atoms with Gasteiger partial charge in [0.2, 0.25) is 0 Å². The fourth-order valence-electron chi connectivity index (χ4n) is 3.24. The van der Waals surface area contributed by atoms with Crippen molar-refractivity contribution in [3.8, 4) is 0 Å². The Bertz CT molecular complexity index is 672. The van der Waals surface area contributed by atoms with Gasteiger partial charge in [-0.3, -0.25) is 14.6 Å². The predicted octanol–water partition coefficient (Wildman–Crippen LogP) is 2.42. The molecule has 0 aliphatic carbocycles. The smallest absolute Gasteiger partial charge is 0.274 e. The minimum Gasteiger partial charge on any atom is -0.332 e. The summed E-state index contributed by atoms with van der Waals surface area (Å²) < 4.78 is 1.93. The summed E-state index contributed by atoms with van der Waals surface area (Å²) in [7, 11) is 0. The van der Waals surface area contributed by atoms with E-state index in [2.05, 4.69) is 29.1 Å². The topological polar surface area (TPSA) is 66.8 Å². The molecule has 3 rings (SSSR count). The van der Waals surface area contributed by atoms with Crippen LogP contribution in [0, 0.1) is 12.8 Å². The zero-order chi connectivity index (χ0) is 16.4. The maximum atomic E-state index is 12.8. The molecule has 23 heavy (non-hydrogen) atoms. The third-order valence-corrected chi connectivity index (χ3v) is 4.28. The van der Waals surface area contributed by atoms with Crippen LogP contribution in [0.3, 0.4) is 0 Å². The number of hydrogen-bond donors (Lipinski definition) is 1. The minimum absolute atomic E-state index is 0.0302. The van der Waals surface area contributed by atoms with Crippen molar-refractivity contribution in [3.05, 3.63) is 35.4 Å². The van der Waals surface area contributed by atoms with Gasteiger partial charge in [0.1, 0.15) is 5.69 Å². The number of carbonyl (C=O) groups is 1. The highest BCUT2D eigenvalue weighted by atomic mass is 16.2. The van der Waals surface area contributed by atoms with E-state index in [4.69, 9.17) is 0 Å². The van der Waals surface area contributed by atoms with Crippen molar-refractivity contribution < 1.29 is 4.79 Å². The van der Waals surface area contributed by atoms with Gasteiger partial charge >= 0.3 is 0 Å². The number of nitrogens with zero attached hydrogens (tertiary/aromatic N) is 4. The molecule has 1 N–H and O–H groups in total. The summed E-state index contributed by atoms with van der Waals surface area (Å²) in [5.41, 5.74) is 2.71. The van der Waals surface area contributed by atoms with E-state index in [1.807, 2.05) is 35.0 Å². The number of aromatic nitrogens is 4. The predicted molar refractivity (Wildman–Crippen MR) is 88.2 cm³/mol. The molecule has 1 amide bonds. The van der Waals surface area contributed by atoms with Crippen molar-refractivity contribution in [2.45, 2.75) is 52.6 Å². The lowest BCUT2D eigenvalue weighted by Crippen LogP contribution is -2.38. The number of aryl methyl sites for hydroxylation is 1. The molecule has 124 valence electrons. The monoisotopic (exact) mass is 315 g/mol. The van der Waals surface area contributed by atoms with Gasteiger partial charge in [-0.05, 0) is 43.7 Å². The molecule has 0 saturated carbocycles.